The monoisotopic (exact) mass is 217 g/mol. The van der Waals surface area contributed by atoms with Crippen LogP contribution in [0.25, 0.3) is 0 Å². The van der Waals surface area contributed by atoms with Crippen LogP contribution in [0.4, 0.5) is 0 Å². The minimum Gasteiger partial charge on any atom is -0.384 e. The van der Waals surface area contributed by atoms with Gasteiger partial charge in [-0.05, 0) is 17.9 Å². The highest BCUT2D eigenvalue weighted by Gasteiger charge is 2.20. The van der Waals surface area contributed by atoms with Gasteiger partial charge < -0.3 is 11.1 Å². The lowest BCUT2D eigenvalue weighted by Gasteiger charge is -2.22. The fourth-order valence-electron chi connectivity index (χ4n) is 2.00. The SMILES string of the molecule is N=C(N)c1ccc(C2CCNC(=O)C2)cc1. The van der Waals surface area contributed by atoms with Gasteiger partial charge >= 0.3 is 0 Å². The van der Waals surface area contributed by atoms with Gasteiger partial charge in [-0.1, -0.05) is 24.3 Å². The molecular formula is C12H15N3O. The van der Waals surface area contributed by atoms with E-state index >= 15 is 0 Å². The number of amidine groups is 1. The van der Waals surface area contributed by atoms with Crippen LogP contribution in [0.5, 0.6) is 0 Å². The van der Waals surface area contributed by atoms with Crippen LogP contribution >= 0.6 is 0 Å². The Kier molecular flexibility index (Phi) is 2.90. The van der Waals surface area contributed by atoms with E-state index in [2.05, 4.69) is 5.32 Å². The molecule has 1 aliphatic heterocycles. The molecule has 4 N–H and O–H groups in total. The molecule has 0 aliphatic carbocycles. The van der Waals surface area contributed by atoms with E-state index in [0.29, 0.717) is 12.3 Å². The van der Waals surface area contributed by atoms with Crippen molar-refractivity contribution in [2.45, 2.75) is 18.8 Å². The molecule has 0 spiro atoms. The highest BCUT2D eigenvalue weighted by Crippen LogP contribution is 2.25. The maximum absolute atomic E-state index is 11.3. The Labute approximate surface area is 94.4 Å². The second-order valence-electron chi connectivity index (χ2n) is 4.08. The largest absolute Gasteiger partial charge is 0.384 e. The molecule has 16 heavy (non-hydrogen) atoms. The quantitative estimate of drug-likeness (QED) is 0.509. The van der Waals surface area contributed by atoms with Gasteiger partial charge in [-0.25, -0.2) is 0 Å². The molecule has 1 saturated heterocycles. The summed E-state index contributed by atoms with van der Waals surface area (Å²) in [5.41, 5.74) is 7.26. The number of benzene rings is 1. The molecule has 1 fully saturated rings. The van der Waals surface area contributed by atoms with E-state index in [-0.39, 0.29) is 11.7 Å². The van der Waals surface area contributed by atoms with Crippen LogP contribution < -0.4 is 11.1 Å². The molecule has 1 heterocycles. The van der Waals surface area contributed by atoms with Crippen molar-refractivity contribution in [3.8, 4) is 0 Å². The standard InChI is InChI=1S/C12H15N3O/c13-12(14)9-3-1-8(2-4-9)10-5-6-15-11(16)7-10/h1-4,10H,5-7H2,(H3,13,14)(H,15,16). The van der Waals surface area contributed by atoms with Gasteiger partial charge in [-0.3, -0.25) is 10.2 Å². The molecule has 1 aliphatic rings. The van der Waals surface area contributed by atoms with Crippen molar-refractivity contribution in [1.29, 1.82) is 5.41 Å². The third kappa shape index (κ3) is 2.21. The molecule has 1 aromatic carbocycles. The third-order valence-electron chi connectivity index (χ3n) is 2.94. The van der Waals surface area contributed by atoms with E-state index < -0.39 is 0 Å². The van der Waals surface area contributed by atoms with Gasteiger partial charge in [0.15, 0.2) is 0 Å². The van der Waals surface area contributed by atoms with E-state index in [0.717, 1.165) is 24.1 Å². The normalized spacial score (nSPS) is 20.2. The van der Waals surface area contributed by atoms with E-state index in [1.807, 2.05) is 24.3 Å². The Bertz CT molecular complexity index is 411. The molecule has 2 rings (SSSR count). The van der Waals surface area contributed by atoms with E-state index in [1.165, 1.54) is 0 Å². The molecule has 84 valence electrons. The Balaban J connectivity index is 2.14. The van der Waals surface area contributed by atoms with Crippen LogP contribution in [-0.2, 0) is 4.79 Å². The second-order valence-corrected chi connectivity index (χ2v) is 4.08. The van der Waals surface area contributed by atoms with Gasteiger partial charge in [-0.2, -0.15) is 0 Å². The van der Waals surface area contributed by atoms with Gasteiger partial charge in [0.1, 0.15) is 5.84 Å². The average Bonchev–Trinajstić information content (AvgIpc) is 2.29. The number of amides is 1. The van der Waals surface area contributed by atoms with Crippen LogP contribution in [0, 0.1) is 5.41 Å². The van der Waals surface area contributed by atoms with Crippen molar-refractivity contribution < 1.29 is 4.79 Å². The molecule has 0 radical (unpaired) electrons. The average molecular weight is 217 g/mol. The minimum atomic E-state index is 0.0768. The molecular weight excluding hydrogens is 202 g/mol. The highest BCUT2D eigenvalue weighted by atomic mass is 16.1. The third-order valence-corrected chi connectivity index (χ3v) is 2.94. The molecule has 0 bridgehead atoms. The molecule has 4 heteroatoms. The lowest BCUT2D eigenvalue weighted by molar-refractivity contribution is -0.122. The minimum absolute atomic E-state index is 0.0768. The summed E-state index contributed by atoms with van der Waals surface area (Å²) in [6.07, 6.45) is 1.53. The summed E-state index contributed by atoms with van der Waals surface area (Å²) < 4.78 is 0. The summed E-state index contributed by atoms with van der Waals surface area (Å²) in [5, 5.41) is 10.1. The predicted molar refractivity (Wildman–Crippen MR) is 62.4 cm³/mol. The summed E-state index contributed by atoms with van der Waals surface area (Å²) in [6, 6.07) is 7.59. The van der Waals surface area contributed by atoms with Gasteiger partial charge in [0.2, 0.25) is 5.91 Å². The Morgan fingerprint density at radius 2 is 2.06 bits per heavy atom. The zero-order chi connectivity index (χ0) is 11.5. The number of rotatable bonds is 2. The van der Waals surface area contributed by atoms with Crippen LogP contribution in [-0.4, -0.2) is 18.3 Å². The first kappa shape index (κ1) is 10.7. The summed E-state index contributed by atoms with van der Waals surface area (Å²) in [5.74, 6) is 0.495. The van der Waals surface area contributed by atoms with Gasteiger partial charge in [0.25, 0.3) is 0 Å². The topological polar surface area (TPSA) is 79.0 Å². The number of carbonyl (C=O) groups excluding carboxylic acids is 1. The summed E-state index contributed by atoms with van der Waals surface area (Å²) in [7, 11) is 0. The number of carbonyl (C=O) groups is 1. The zero-order valence-electron chi connectivity index (χ0n) is 8.99. The van der Waals surface area contributed by atoms with Crippen molar-refractivity contribution >= 4 is 11.7 Å². The first-order valence-corrected chi connectivity index (χ1v) is 5.38. The van der Waals surface area contributed by atoms with Crippen LogP contribution in [0.15, 0.2) is 24.3 Å². The summed E-state index contributed by atoms with van der Waals surface area (Å²) in [4.78, 5) is 11.3. The number of hydrogen-bond donors (Lipinski definition) is 3. The lowest BCUT2D eigenvalue weighted by atomic mass is 9.89. The fraction of sp³-hybridized carbons (Fsp3) is 0.333. The first-order chi connectivity index (χ1) is 7.66. The van der Waals surface area contributed by atoms with Gasteiger partial charge in [-0.15, -0.1) is 0 Å². The molecule has 1 atom stereocenters. The molecule has 0 saturated carbocycles. The predicted octanol–water partition coefficient (Wildman–Crippen LogP) is 0.964. The van der Waals surface area contributed by atoms with Crippen LogP contribution in [0.3, 0.4) is 0 Å². The lowest BCUT2D eigenvalue weighted by Crippen LogP contribution is -2.32. The number of nitrogens with one attached hydrogen (secondary N) is 2. The number of nitrogens with two attached hydrogens (primary N) is 1. The number of hydrogen-bond acceptors (Lipinski definition) is 2. The second kappa shape index (κ2) is 4.35. The maximum Gasteiger partial charge on any atom is 0.220 e. The zero-order valence-corrected chi connectivity index (χ0v) is 8.99. The molecule has 0 aromatic heterocycles. The van der Waals surface area contributed by atoms with E-state index in [4.69, 9.17) is 11.1 Å². The van der Waals surface area contributed by atoms with Crippen molar-refractivity contribution in [3.05, 3.63) is 35.4 Å². The summed E-state index contributed by atoms with van der Waals surface area (Å²) >= 11 is 0. The van der Waals surface area contributed by atoms with Crippen molar-refractivity contribution in [3.63, 3.8) is 0 Å². The Hall–Kier alpha value is -1.84. The van der Waals surface area contributed by atoms with E-state index in [9.17, 15) is 4.79 Å². The Morgan fingerprint density at radius 1 is 1.38 bits per heavy atom. The molecule has 1 amide bonds. The first-order valence-electron chi connectivity index (χ1n) is 5.38. The number of piperidine rings is 1. The fourth-order valence-corrected chi connectivity index (χ4v) is 2.00. The van der Waals surface area contributed by atoms with Gasteiger partial charge in [0, 0.05) is 18.5 Å². The van der Waals surface area contributed by atoms with Crippen molar-refractivity contribution in [2.75, 3.05) is 6.54 Å². The van der Waals surface area contributed by atoms with E-state index in [1.54, 1.807) is 0 Å². The number of nitrogen functional groups attached to an aromatic ring is 1. The molecule has 1 unspecified atom stereocenters. The van der Waals surface area contributed by atoms with Gasteiger partial charge in [0.05, 0.1) is 0 Å². The van der Waals surface area contributed by atoms with Crippen molar-refractivity contribution in [1.82, 2.24) is 5.32 Å². The highest BCUT2D eigenvalue weighted by molar-refractivity contribution is 5.94. The Morgan fingerprint density at radius 3 is 2.62 bits per heavy atom. The van der Waals surface area contributed by atoms with Crippen molar-refractivity contribution in [2.24, 2.45) is 5.73 Å². The molecule has 4 nitrogen and oxygen atoms in total. The smallest absolute Gasteiger partial charge is 0.220 e. The summed E-state index contributed by atoms with van der Waals surface area (Å²) in [6.45, 7) is 0.748. The molecule has 1 aromatic rings. The van der Waals surface area contributed by atoms with Crippen LogP contribution in [0.2, 0.25) is 0 Å². The maximum atomic E-state index is 11.3. The van der Waals surface area contributed by atoms with Crippen LogP contribution in [0.1, 0.15) is 29.9 Å².